The monoisotopic (exact) mass is 328 g/mol. The van der Waals surface area contributed by atoms with Crippen LogP contribution >= 0.6 is 11.3 Å². The van der Waals surface area contributed by atoms with Crippen LogP contribution in [0.25, 0.3) is 0 Å². The lowest BCUT2D eigenvalue weighted by Crippen LogP contribution is -2.27. The number of benzene rings is 1. The van der Waals surface area contributed by atoms with E-state index in [4.69, 9.17) is 5.73 Å². The summed E-state index contributed by atoms with van der Waals surface area (Å²) in [4.78, 5) is 1.78. The zero-order valence-electron chi connectivity index (χ0n) is 11.8. The molecule has 4 nitrogen and oxygen atoms in total. The Hall–Kier alpha value is -1.28. The smallest absolute Gasteiger partial charge is 0.242 e. The van der Waals surface area contributed by atoms with Crippen LogP contribution in [0.2, 0.25) is 0 Å². The van der Waals surface area contributed by atoms with Gasteiger partial charge in [0.15, 0.2) is 0 Å². The normalized spacial score (nSPS) is 13.3. The maximum absolute atomic E-state index is 12.9. The summed E-state index contributed by atoms with van der Waals surface area (Å²) in [6.45, 7) is 3.78. The molecule has 1 aromatic heterocycles. The SMILES string of the molecule is Cc1sc(CN)cc1S(=O)(=O)NC(C)c1ccc(F)cc1. The van der Waals surface area contributed by atoms with Crippen molar-refractivity contribution >= 4 is 21.4 Å². The van der Waals surface area contributed by atoms with Crippen molar-refractivity contribution in [3.8, 4) is 0 Å². The summed E-state index contributed by atoms with van der Waals surface area (Å²) < 4.78 is 40.3. The molecule has 2 aromatic rings. The van der Waals surface area contributed by atoms with Crippen LogP contribution in [0.4, 0.5) is 4.39 Å². The minimum atomic E-state index is -3.63. The van der Waals surface area contributed by atoms with Crippen molar-refractivity contribution in [1.82, 2.24) is 4.72 Å². The van der Waals surface area contributed by atoms with Gasteiger partial charge in [-0.05, 0) is 37.6 Å². The van der Waals surface area contributed by atoms with Gasteiger partial charge in [0.25, 0.3) is 0 Å². The molecule has 0 bridgehead atoms. The van der Waals surface area contributed by atoms with Crippen molar-refractivity contribution < 1.29 is 12.8 Å². The third-order valence-corrected chi connectivity index (χ3v) is 5.98. The molecule has 21 heavy (non-hydrogen) atoms. The Kier molecular flexibility index (Phi) is 4.77. The van der Waals surface area contributed by atoms with Crippen molar-refractivity contribution in [3.63, 3.8) is 0 Å². The summed E-state index contributed by atoms with van der Waals surface area (Å²) in [6, 6.07) is 6.89. The van der Waals surface area contributed by atoms with Crippen LogP contribution in [-0.4, -0.2) is 8.42 Å². The summed E-state index contributed by atoms with van der Waals surface area (Å²) in [6.07, 6.45) is 0. The Morgan fingerprint density at radius 3 is 2.48 bits per heavy atom. The largest absolute Gasteiger partial charge is 0.326 e. The molecule has 0 amide bonds. The van der Waals surface area contributed by atoms with E-state index >= 15 is 0 Å². The van der Waals surface area contributed by atoms with Gasteiger partial charge >= 0.3 is 0 Å². The highest BCUT2D eigenvalue weighted by Gasteiger charge is 2.22. The number of nitrogens with two attached hydrogens (primary N) is 1. The van der Waals surface area contributed by atoms with Crippen molar-refractivity contribution in [1.29, 1.82) is 0 Å². The minimum absolute atomic E-state index is 0.252. The number of sulfonamides is 1. The first-order valence-electron chi connectivity index (χ1n) is 6.40. The molecule has 1 heterocycles. The zero-order chi connectivity index (χ0) is 15.6. The van der Waals surface area contributed by atoms with Crippen LogP contribution in [0, 0.1) is 12.7 Å². The van der Waals surface area contributed by atoms with Crippen molar-refractivity contribution in [2.24, 2.45) is 5.73 Å². The molecule has 2 rings (SSSR count). The molecule has 1 unspecified atom stereocenters. The zero-order valence-corrected chi connectivity index (χ0v) is 13.4. The second-order valence-electron chi connectivity index (χ2n) is 4.73. The minimum Gasteiger partial charge on any atom is -0.326 e. The third-order valence-electron chi connectivity index (χ3n) is 3.12. The molecule has 1 atom stereocenters. The first-order chi connectivity index (χ1) is 9.83. The number of halogens is 1. The van der Waals surface area contributed by atoms with Gasteiger partial charge in [-0.15, -0.1) is 11.3 Å². The molecule has 0 aliphatic carbocycles. The fourth-order valence-electron chi connectivity index (χ4n) is 2.01. The molecule has 0 spiro atoms. The van der Waals surface area contributed by atoms with Crippen molar-refractivity contribution in [3.05, 3.63) is 51.5 Å². The van der Waals surface area contributed by atoms with E-state index < -0.39 is 16.1 Å². The van der Waals surface area contributed by atoms with Crippen LogP contribution in [0.3, 0.4) is 0 Å². The Morgan fingerprint density at radius 1 is 1.33 bits per heavy atom. The highest BCUT2D eigenvalue weighted by atomic mass is 32.2. The highest BCUT2D eigenvalue weighted by Crippen LogP contribution is 2.26. The summed E-state index contributed by atoms with van der Waals surface area (Å²) in [5.41, 5.74) is 6.24. The molecule has 0 aliphatic heterocycles. The van der Waals surface area contributed by atoms with Gasteiger partial charge in [0, 0.05) is 22.3 Å². The van der Waals surface area contributed by atoms with Gasteiger partial charge in [-0.3, -0.25) is 0 Å². The Labute approximate surface area is 127 Å². The Bertz CT molecular complexity index is 724. The number of nitrogens with one attached hydrogen (secondary N) is 1. The van der Waals surface area contributed by atoms with Gasteiger partial charge in [0.1, 0.15) is 5.82 Å². The van der Waals surface area contributed by atoms with E-state index in [0.29, 0.717) is 17.0 Å². The van der Waals surface area contributed by atoms with E-state index in [1.807, 2.05) is 0 Å². The fraction of sp³-hybridized carbons (Fsp3) is 0.286. The second kappa shape index (κ2) is 6.23. The molecule has 0 saturated heterocycles. The standard InChI is InChI=1S/C14H17FN2O2S2/c1-9(11-3-5-12(15)6-4-11)17-21(18,19)14-7-13(8-16)20-10(14)2/h3-7,9,17H,8,16H2,1-2H3. The van der Waals surface area contributed by atoms with Crippen LogP contribution in [-0.2, 0) is 16.6 Å². The lowest BCUT2D eigenvalue weighted by molar-refractivity contribution is 0.566. The maximum Gasteiger partial charge on any atom is 0.242 e. The van der Waals surface area contributed by atoms with Gasteiger partial charge in [-0.2, -0.15) is 0 Å². The van der Waals surface area contributed by atoms with Gasteiger partial charge in [0.05, 0.1) is 4.90 Å². The van der Waals surface area contributed by atoms with Crippen LogP contribution in [0.5, 0.6) is 0 Å². The Morgan fingerprint density at radius 2 is 1.95 bits per heavy atom. The average Bonchev–Trinajstić information content (AvgIpc) is 2.81. The number of thiophene rings is 1. The van der Waals surface area contributed by atoms with Crippen LogP contribution < -0.4 is 10.5 Å². The van der Waals surface area contributed by atoms with E-state index in [-0.39, 0.29) is 10.7 Å². The van der Waals surface area contributed by atoms with E-state index in [9.17, 15) is 12.8 Å². The lowest BCUT2D eigenvalue weighted by Gasteiger charge is -2.14. The molecule has 7 heteroatoms. The fourth-order valence-corrected chi connectivity index (χ4v) is 4.75. The predicted molar refractivity (Wildman–Crippen MR) is 82.1 cm³/mol. The molecule has 0 radical (unpaired) electrons. The van der Waals surface area contributed by atoms with Gasteiger partial charge in [0.2, 0.25) is 10.0 Å². The first-order valence-corrected chi connectivity index (χ1v) is 8.70. The molecular weight excluding hydrogens is 311 g/mol. The number of hydrogen-bond acceptors (Lipinski definition) is 4. The van der Waals surface area contributed by atoms with Gasteiger partial charge in [-0.25, -0.2) is 17.5 Å². The van der Waals surface area contributed by atoms with Crippen molar-refractivity contribution in [2.75, 3.05) is 0 Å². The van der Waals surface area contributed by atoms with Crippen LogP contribution in [0.15, 0.2) is 35.2 Å². The second-order valence-corrected chi connectivity index (χ2v) is 7.76. The van der Waals surface area contributed by atoms with E-state index in [0.717, 1.165) is 4.88 Å². The molecule has 1 aromatic carbocycles. The number of aryl methyl sites for hydroxylation is 1. The third kappa shape index (κ3) is 3.68. The highest BCUT2D eigenvalue weighted by molar-refractivity contribution is 7.89. The first kappa shape index (κ1) is 16.1. The molecule has 0 saturated carbocycles. The predicted octanol–water partition coefficient (Wildman–Crippen LogP) is 2.69. The molecule has 114 valence electrons. The summed E-state index contributed by atoms with van der Waals surface area (Å²) >= 11 is 1.37. The quantitative estimate of drug-likeness (QED) is 0.886. The average molecular weight is 328 g/mol. The van der Waals surface area contributed by atoms with E-state index in [2.05, 4.69) is 4.72 Å². The summed E-state index contributed by atoms with van der Waals surface area (Å²) in [7, 11) is -3.63. The topological polar surface area (TPSA) is 72.2 Å². The van der Waals surface area contributed by atoms with E-state index in [1.54, 1.807) is 32.0 Å². The van der Waals surface area contributed by atoms with E-state index in [1.165, 1.54) is 23.5 Å². The lowest BCUT2D eigenvalue weighted by atomic mass is 10.1. The molecule has 3 N–H and O–H groups in total. The Balaban J connectivity index is 2.24. The van der Waals surface area contributed by atoms with Crippen molar-refractivity contribution in [2.45, 2.75) is 31.3 Å². The molecular formula is C14H17FN2O2S2. The number of rotatable bonds is 5. The van der Waals surface area contributed by atoms with Gasteiger partial charge < -0.3 is 5.73 Å². The summed E-state index contributed by atoms with van der Waals surface area (Å²) in [5.74, 6) is -0.352. The molecule has 0 aliphatic rings. The van der Waals surface area contributed by atoms with Crippen LogP contribution in [0.1, 0.15) is 28.3 Å². The van der Waals surface area contributed by atoms with Gasteiger partial charge in [-0.1, -0.05) is 12.1 Å². The number of hydrogen-bond donors (Lipinski definition) is 2. The molecule has 0 fully saturated rings. The maximum atomic E-state index is 12.9. The summed E-state index contributed by atoms with van der Waals surface area (Å²) in [5, 5.41) is 0.